The van der Waals surface area contributed by atoms with Gasteiger partial charge < -0.3 is 4.74 Å². The molecule has 0 aliphatic heterocycles. The molecule has 0 saturated heterocycles. The van der Waals surface area contributed by atoms with E-state index < -0.39 is 10.8 Å². The van der Waals surface area contributed by atoms with Crippen molar-refractivity contribution in [3.63, 3.8) is 0 Å². The molecule has 3 aromatic rings. The normalized spacial score (nSPS) is 10.8. The Morgan fingerprint density at radius 3 is 2.85 bits per heavy atom. The number of nitro groups is 1. The number of rotatable bonds is 6. The van der Waals surface area contributed by atoms with E-state index in [1.165, 1.54) is 18.3 Å². The van der Waals surface area contributed by atoms with Crippen LogP contribution in [0.5, 0.6) is 5.75 Å². The Labute approximate surface area is 148 Å². The van der Waals surface area contributed by atoms with Crippen LogP contribution in [0.1, 0.15) is 5.56 Å². The Balaban J connectivity index is 1.60. The third kappa shape index (κ3) is 3.99. The molecule has 0 bridgehead atoms. The van der Waals surface area contributed by atoms with Gasteiger partial charge in [0.1, 0.15) is 11.3 Å². The summed E-state index contributed by atoms with van der Waals surface area (Å²) >= 11 is 0. The maximum absolute atomic E-state index is 11.9. The van der Waals surface area contributed by atoms with Crippen LogP contribution in [0, 0.1) is 10.1 Å². The van der Waals surface area contributed by atoms with Gasteiger partial charge in [-0.1, -0.05) is 30.3 Å². The standard InChI is InChI=1S/C18H14N4O4/c23-17(21-20-11-14-5-1-2-8-15(14)22(24)25)12-26-16-9-3-6-13-7-4-10-19-18(13)16/h1-11H,12H2,(H,21,23)/b20-11+. The Morgan fingerprint density at radius 1 is 1.19 bits per heavy atom. The Morgan fingerprint density at radius 2 is 2.00 bits per heavy atom. The van der Waals surface area contributed by atoms with E-state index in [0.717, 1.165) is 5.39 Å². The van der Waals surface area contributed by atoms with Crippen molar-refractivity contribution in [1.29, 1.82) is 0 Å². The largest absolute Gasteiger partial charge is 0.481 e. The molecular weight excluding hydrogens is 336 g/mol. The van der Waals surface area contributed by atoms with Crippen LogP contribution in [0.3, 0.4) is 0 Å². The molecule has 130 valence electrons. The van der Waals surface area contributed by atoms with Crippen LogP contribution in [0.25, 0.3) is 10.9 Å². The summed E-state index contributed by atoms with van der Waals surface area (Å²) in [7, 11) is 0. The summed E-state index contributed by atoms with van der Waals surface area (Å²) in [4.78, 5) is 26.5. The van der Waals surface area contributed by atoms with E-state index in [-0.39, 0.29) is 17.9 Å². The fourth-order valence-electron chi connectivity index (χ4n) is 2.31. The summed E-state index contributed by atoms with van der Waals surface area (Å²) in [5.41, 5.74) is 3.13. The predicted octanol–water partition coefficient (Wildman–Crippen LogP) is 2.67. The molecule has 1 amide bonds. The average molecular weight is 350 g/mol. The van der Waals surface area contributed by atoms with E-state index in [1.54, 1.807) is 24.4 Å². The lowest BCUT2D eigenvalue weighted by molar-refractivity contribution is -0.385. The van der Waals surface area contributed by atoms with Gasteiger partial charge in [0.2, 0.25) is 0 Å². The van der Waals surface area contributed by atoms with Crippen molar-refractivity contribution in [3.8, 4) is 5.75 Å². The number of benzene rings is 2. The molecule has 8 nitrogen and oxygen atoms in total. The quantitative estimate of drug-likeness (QED) is 0.418. The summed E-state index contributed by atoms with van der Waals surface area (Å²) in [6.45, 7) is -0.260. The van der Waals surface area contributed by atoms with Gasteiger partial charge in [-0.3, -0.25) is 19.9 Å². The first-order chi connectivity index (χ1) is 12.6. The van der Waals surface area contributed by atoms with E-state index in [2.05, 4.69) is 15.5 Å². The van der Waals surface area contributed by atoms with Crippen molar-refractivity contribution < 1.29 is 14.5 Å². The number of ether oxygens (including phenoxy) is 1. The van der Waals surface area contributed by atoms with Crippen molar-refractivity contribution in [2.45, 2.75) is 0 Å². The van der Waals surface area contributed by atoms with Crippen molar-refractivity contribution in [2.24, 2.45) is 5.10 Å². The number of fused-ring (bicyclic) bond motifs is 1. The lowest BCUT2D eigenvalue weighted by Crippen LogP contribution is -2.24. The van der Waals surface area contributed by atoms with Gasteiger partial charge in [0.05, 0.1) is 16.7 Å². The molecule has 0 radical (unpaired) electrons. The first-order valence-corrected chi connectivity index (χ1v) is 7.67. The Hall–Kier alpha value is -3.81. The molecule has 2 aromatic carbocycles. The van der Waals surface area contributed by atoms with Gasteiger partial charge in [-0.15, -0.1) is 0 Å². The lowest BCUT2D eigenvalue weighted by atomic mass is 10.2. The van der Waals surface area contributed by atoms with Crippen LogP contribution in [0.15, 0.2) is 65.9 Å². The minimum absolute atomic E-state index is 0.0939. The molecule has 0 aliphatic rings. The summed E-state index contributed by atoms with van der Waals surface area (Å²) < 4.78 is 5.49. The van der Waals surface area contributed by atoms with Crippen LogP contribution in [-0.4, -0.2) is 28.6 Å². The van der Waals surface area contributed by atoms with Gasteiger partial charge in [-0.05, 0) is 18.2 Å². The topological polar surface area (TPSA) is 107 Å². The van der Waals surface area contributed by atoms with E-state index in [9.17, 15) is 14.9 Å². The van der Waals surface area contributed by atoms with Crippen molar-refractivity contribution in [3.05, 3.63) is 76.5 Å². The molecule has 0 atom stereocenters. The average Bonchev–Trinajstić information content (AvgIpc) is 2.66. The van der Waals surface area contributed by atoms with Crippen LogP contribution in [0.2, 0.25) is 0 Å². The molecule has 26 heavy (non-hydrogen) atoms. The monoisotopic (exact) mass is 350 g/mol. The molecule has 3 rings (SSSR count). The highest BCUT2D eigenvalue weighted by molar-refractivity contribution is 5.87. The molecular formula is C18H14N4O4. The van der Waals surface area contributed by atoms with Gasteiger partial charge in [0, 0.05) is 17.6 Å². The number of nitrogens with one attached hydrogen (secondary N) is 1. The number of carbonyl (C=O) groups is 1. The second-order valence-electron chi connectivity index (χ2n) is 5.23. The number of hydrogen-bond donors (Lipinski definition) is 1. The predicted molar refractivity (Wildman–Crippen MR) is 96.1 cm³/mol. The number of nitrogens with zero attached hydrogens (tertiary/aromatic N) is 3. The summed E-state index contributed by atoms with van der Waals surface area (Å²) in [6.07, 6.45) is 2.86. The smallest absolute Gasteiger partial charge is 0.278 e. The zero-order chi connectivity index (χ0) is 18.4. The van der Waals surface area contributed by atoms with E-state index in [1.807, 2.05) is 24.3 Å². The van der Waals surface area contributed by atoms with Crippen LogP contribution in [-0.2, 0) is 4.79 Å². The molecule has 0 aliphatic carbocycles. The fourth-order valence-corrected chi connectivity index (χ4v) is 2.31. The van der Waals surface area contributed by atoms with E-state index in [4.69, 9.17) is 4.74 Å². The molecule has 8 heteroatoms. The van der Waals surface area contributed by atoms with Crippen LogP contribution >= 0.6 is 0 Å². The van der Waals surface area contributed by atoms with Gasteiger partial charge >= 0.3 is 0 Å². The first kappa shape index (κ1) is 17.0. The first-order valence-electron chi connectivity index (χ1n) is 7.67. The van der Waals surface area contributed by atoms with Gasteiger partial charge in [0.25, 0.3) is 11.6 Å². The summed E-state index contributed by atoms with van der Waals surface area (Å²) in [5, 5.41) is 15.6. The number of hydrogen-bond acceptors (Lipinski definition) is 6. The summed E-state index contributed by atoms with van der Waals surface area (Å²) in [6, 6.07) is 15.2. The molecule has 0 fully saturated rings. The zero-order valence-electron chi connectivity index (χ0n) is 13.5. The maximum atomic E-state index is 11.9. The molecule has 0 unspecified atom stereocenters. The highest BCUT2D eigenvalue weighted by Gasteiger charge is 2.10. The number of nitro benzene ring substituents is 1. The van der Waals surface area contributed by atoms with E-state index >= 15 is 0 Å². The minimum atomic E-state index is -0.514. The SMILES string of the molecule is O=C(COc1cccc2cccnc12)N/N=C/c1ccccc1[N+](=O)[O-]. The summed E-state index contributed by atoms with van der Waals surface area (Å²) in [5.74, 6) is -0.00584. The fraction of sp³-hybridized carbons (Fsp3) is 0.0556. The Bertz CT molecular complexity index is 982. The third-order valence-electron chi connectivity index (χ3n) is 3.48. The number of para-hydroxylation sites is 2. The molecule has 1 heterocycles. The molecule has 1 N–H and O–H groups in total. The third-order valence-corrected chi connectivity index (χ3v) is 3.48. The number of carbonyl (C=O) groups excluding carboxylic acids is 1. The molecule has 1 aromatic heterocycles. The molecule has 0 saturated carbocycles. The molecule has 0 spiro atoms. The second kappa shape index (κ2) is 7.84. The highest BCUT2D eigenvalue weighted by Crippen LogP contribution is 2.22. The minimum Gasteiger partial charge on any atom is -0.481 e. The Kier molecular flexibility index (Phi) is 5.14. The van der Waals surface area contributed by atoms with Crippen LogP contribution in [0.4, 0.5) is 5.69 Å². The van der Waals surface area contributed by atoms with Crippen LogP contribution < -0.4 is 10.2 Å². The van der Waals surface area contributed by atoms with Gasteiger partial charge in [-0.25, -0.2) is 5.43 Å². The van der Waals surface area contributed by atoms with Gasteiger partial charge in [-0.2, -0.15) is 5.10 Å². The number of aromatic nitrogens is 1. The number of pyridine rings is 1. The van der Waals surface area contributed by atoms with Crippen molar-refractivity contribution >= 4 is 28.7 Å². The number of amides is 1. The lowest BCUT2D eigenvalue weighted by Gasteiger charge is -2.07. The van der Waals surface area contributed by atoms with E-state index in [0.29, 0.717) is 11.3 Å². The van der Waals surface area contributed by atoms with Crippen molar-refractivity contribution in [2.75, 3.05) is 6.61 Å². The van der Waals surface area contributed by atoms with Crippen molar-refractivity contribution in [1.82, 2.24) is 10.4 Å². The van der Waals surface area contributed by atoms with Gasteiger partial charge in [0.15, 0.2) is 6.61 Å². The maximum Gasteiger partial charge on any atom is 0.278 e. The highest BCUT2D eigenvalue weighted by atomic mass is 16.6. The zero-order valence-corrected chi connectivity index (χ0v) is 13.5. The number of hydrazone groups is 1. The second-order valence-corrected chi connectivity index (χ2v) is 5.23.